The topological polar surface area (TPSA) is 80.7 Å². The van der Waals surface area contributed by atoms with Gasteiger partial charge in [-0.15, -0.1) is 0 Å². The van der Waals surface area contributed by atoms with Crippen LogP contribution in [0.1, 0.15) is 10.4 Å². The van der Waals surface area contributed by atoms with Gasteiger partial charge in [0, 0.05) is 6.07 Å². The van der Waals surface area contributed by atoms with Crippen LogP contribution in [0.3, 0.4) is 0 Å². The Bertz CT molecular complexity index is 776. The molecular formula is C10H3F9O5S. The summed E-state index contributed by atoms with van der Waals surface area (Å²) < 4.78 is 148. The summed E-state index contributed by atoms with van der Waals surface area (Å²) >= 11 is 0. The number of ether oxygens (including phenoxy) is 1. The highest BCUT2D eigenvalue weighted by atomic mass is 32.2. The van der Waals surface area contributed by atoms with E-state index < -0.39 is 68.5 Å². The number of hydrogen-bond acceptors (Lipinski definition) is 4. The van der Waals surface area contributed by atoms with Gasteiger partial charge in [0.1, 0.15) is 5.56 Å². The van der Waals surface area contributed by atoms with Crippen molar-refractivity contribution in [1.82, 2.24) is 0 Å². The van der Waals surface area contributed by atoms with Crippen molar-refractivity contribution in [1.29, 1.82) is 0 Å². The minimum Gasteiger partial charge on any atom is -0.441 e. The first-order chi connectivity index (χ1) is 11.0. The third kappa shape index (κ3) is 3.97. The lowest BCUT2D eigenvalue weighted by Crippen LogP contribution is -2.52. The minimum atomic E-state index is -6.82. The average molecular weight is 406 g/mol. The lowest BCUT2D eigenvalue weighted by Gasteiger charge is -2.26. The third-order valence-corrected chi connectivity index (χ3v) is 3.39. The van der Waals surface area contributed by atoms with Crippen molar-refractivity contribution < 1.29 is 62.0 Å². The summed E-state index contributed by atoms with van der Waals surface area (Å²) in [5.41, 5.74) is -2.46. The summed E-state index contributed by atoms with van der Waals surface area (Å²) in [5, 5.41) is -6.19. The van der Waals surface area contributed by atoms with Gasteiger partial charge in [0.2, 0.25) is 0 Å². The van der Waals surface area contributed by atoms with Gasteiger partial charge in [-0.2, -0.15) is 30.4 Å². The van der Waals surface area contributed by atoms with Gasteiger partial charge < -0.3 is 4.74 Å². The van der Waals surface area contributed by atoms with E-state index in [1.807, 2.05) is 0 Å². The van der Waals surface area contributed by atoms with Crippen LogP contribution < -0.4 is 0 Å². The zero-order valence-electron chi connectivity index (χ0n) is 11.0. The summed E-state index contributed by atoms with van der Waals surface area (Å²) in [6, 6.07) is -0.449. The number of halogens is 9. The largest absolute Gasteiger partial charge is 0.441 e. The van der Waals surface area contributed by atoms with E-state index in [0.717, 1.165) is 0 Å². The summed E-state index contributed by atoms with van der Waals surface area (Å²) in [7, 11) is -6.82. The van der Waals surface area contributed by atoms with Crippen LogP contribution in [-0.4, -0.2) is 36.5 Å². The van der Waals surface area contributed by atoms with Gasteiger partial charge in [0.25, 0.3) is 6.10 Å². The van der Waals surface area contributed by atoms with Gasteiger partial charge in [0.05, 0.1) is 0 Å². The van der Waals surface area contributed by atoms with Crippen molar-refractivity contribution in [3.8, 4) is 0 Å². The fourth-order valence-corrected chi connectivity index (χ4v) is 1.83. The molecule has 0 aliphatic rings. The molecule has 1 atom stereocenters. The first-order valence-electron chi connectivity index (χ1n) is 5.47. The Morgan fingerprint density at radius 3 is 1.72 bits per heavy atom. The van der Waals surface area contributed by atoms with Gasteiger partial charge in [-0.05, 0) is 0 Å². The second kappa shape index (κ2) is 6.36. The molecule has 1 unspecified atom stereocenters. The first kappa shape index (κ1) is 21.0. The molecule has 0 bridgehead atoms. The molecule has 0 saturated carbocycles. The van der Waals surface area contributed by atoms with Crippen LogP contribution in [0.4, 0.5) is 39.5 Å². The number of alkyl halides is 5. The predicted octanol–water partition coefficient (Wildman–Crippen LogP) is 2.81. The molecular weight excluding hydrogens is 403 g/mol. The molecule has 1 aromatic rings. The predicted molar refractivity (Wildman–Crippen MR) is 58.0 cm³/mol. The highest BCUT2D eigenvalue weighted by molar-refractivity contribution is 7.86. The zero-order valence-corrected chi connectivity index (χ0v) is 11.9. The quantitative estimate of drug-likeness (QED) is 0.360. The monoisotopic (exact) mass is 406 g/mol. The smallest absolute Gasteiger partial charge is 0.432 e. The Morgan fingerprint density at radius 2 is 1.40 bits per heavy atom. The Kier molecular flexibility index (Phi) is 5.35. The van der Waals surface area contributed by atoms with Gasteiger partial charge in [0.15, 0.2) is 23.3 Å². The molecule has 0 saturated heterocycles. The number of esters is 1. The van der Waals surface area contributed by atoms with Gasteiger partial charge in [-0.3, -0.25) is 4.55 Å². The highest BCUT2D eigenvalue weighted by Crippen LogP contribution is 2.38. The first-order valence-corrected chi connectivity index (χ1v) is 6.91. The van der Waals surface area contributed by atoms with Crippen LogP contribution in [0.2, 0.25) is 0 Å². The Morgan fingerprint density at radius 1 is 1.00 bits per heavy atom. The molecule has 142 valence electrons. The zero-order chi connectivity index (χ0) is 20.0. The fraction of sp³-hybridized carbons (Fsp3) is 0.300. The number of hydrogen-bond donors (Lipinski definition) is 1. The number of carbonyl (C=O) groups is 1. The third-order valence-electron chi connectivity index (χ3n) is 2.49. The minimum absolute atomic E-state index is 0.449. The Hall–Kier alpha value is -2.03. The van der Waals surface area contributed by atoms with E-state index in [0.29, 0.717) is 0 Å². The summed E-state index contributed by atoms with van der Waals surface area (Å²) in [5.74, 6) is -12.7. The number of benzene rings is 1. The van der Waals surface area contributed by atoms with Crippen molar-refractivity contribution >= 4 is 16.1 Å². The summed E-state index contributed by atoms with van der Waals surface area (Å²) in [6.45, 7) is 0. The van der Waals surface area contributed by atoms with Crippen LogP contribution in [0.5, 0.6) is 0 Å². The Labute approximate surface area is 131 Å². The maximum atomic E-state index is 13.3. The number of carbonyl (C=O) groups excluding carboxylic acids is 1. The van der Waals surface area contributed by atoms with Crippen LogP contribution in [-0.2, 0) is 14.9 Å². The summed E-state index contributed by atoms with van der Waals surface area (Å²) in [4.78, 5) is 11.3. The highest BCUT2D eigenvalue weighted by Gasteiger charge is 2.66. The van der Waals surface area contributed by atoms with Crippen molar-refractivity contribution in [3.05, 3.63) is 34.9 Å². The van der Waals surface area contributed by atoms with Gasteiger partial charge >= 0.3 is 27.5 Å². The molecule has 1 aromatic carbocycles. The van der Waals surface area contributed by atoms with Gasteiger partial charge in [-0.1, -0.05) is 0 Å². The van der Waals surface area contributed by atoms with Crippen molar-refractivity contribution in [2.24, 2.45) is 0 Å². The molecule has 0 fully saturated rings. The molecule has 0 aliphatic carbocycles. The summed E-state index contributed by atoms with van der Waals surface area (Å²) in [6.07, 6.45) is -11.3. The van der Waals surface area contributed by atoms with Gasteiger partial charge in [-0.25, -0.2) is 22.4 Å². The van der Waals surface area contributed by atoms with E-state index in [4.69, 9.17) is 4.55 Å². The standard InChI is InChI=1S/C10H3F9O5S/c11-2-1-3(12)6(14)4(5(2)13)7(20)24-8(9(15,16)17)10(18,19)25(21,22)23/h1,8H,(H,21,22,23). The second-order valence-electron chi connectivity index (χ2n) is 4.21. The second-order valence-corrected chi connectivity index (χ2v) is 5.70. The molecule has 1 rings (SSSR count). The van der Waals surface area contributed by atoms with E-state index in [1.54, 1.807) is 0 Å². The average Bonchev–Trinajstić information content (AvgIpc) is 2.40. The molecule has 1 N–H and O–H groups in total. The molecule has 0 heterocycles. The van der Waals surface area contributed by atoms with Crippen LogP contribution in [0.15, 0.2) is 6.07 Å². The Balaban J connectivity index is 3.46. The molecule has 15 heteroatoms. The van der Waals surface area contributed by atoms with Crippen molar-refractivity contribution in [3.63, 3.8) is 0 Å². The van der Waals surface area contributed by atoms with Crippen LogP contribution in [0.25, 0.3) is 0 Å². The molecule has 0 aliphatic heterocycles. The van der Waals surface area contributed by atoms with E-state index >= 15 is 0 Å². The molecule has 0 aromatic heterocycles. The molecule has 0 amide bonds. The van der Waals surface area contributed by atoms with Crippen molar-refractivity contribution in [2.75, 3.05) is 0 Å². The van der Waals surface area contributed by atoms with Crippen LogP contribution in [0, 0.1) is 23.3 Å². The normalized spacial score (nSPS) is 14.3. The molecule has 25 heavy (non-hydrogen) atoms. The maximum absolute atomic E-state index is 13.3. The SMILES string of the molecule is O=C(OC(C(F)(F)F)C(F)(F)S(=O)(=O)O)c1c(F)c(F)cc(F)c1F. The van der Waals surface area contributed by atoms with E-state index in [2.05, 4.69) is 4.74 Å². The molecule has 0 radical (unpaired) electrons. The van der Waals surface area contributed by atoms with E-state index in [-0.39, 0.29) is 0 Å². The van der Waals surface area contributed by atoms with Crippen LogP contribution >= 0.6 is 0 Å². The fourth-order valence-electron chi connectivity index (χ4n) is 1.38. The van der Waals surface area contributed by atoms with E-state index in [9.17, 15) is 52.7 Å². The lowest BCUT2D eigenvalue weighted by molar-refractivity contribution is -0.248. The van der Waals surface area contributed by atoms with E-state index in [1.165, 1.54) is 0 Å². The number of rotatable bonds is 4. The maximum Gasteiger partial charge on any atom is 0.432 e. The molecule has 5 nitrogen and oxygen atoms in total. The lowest BCUT2D eigenvalue weighted by atomic mass is 10.2. The van der Waals surface area contributed by atoms with Crippen molar-refractivity contribution in [2.45, 2.75) is 17.5 Å². The molecule has 0 spiro atoms.